The first-order valence-electron chi connectivity index (χ1n) is 28.1. The minimum Gasteiger partial charge on any atom is -0.462 e. The molecule has 2 aliphatic heterocycles. The number of rotatable bonds is 28. The third kappa shape index (κ3) is 18.5. The number of thiazole rings is 1. The normalized spacial score (nSPS) is 24.6. The van der Waals surface area contributed by atoms with E-state index in [2.05, 4.69) is 53.0 Å². The summed E-state index contributed by atoms with van der Waals surface area (Å²) in [6.45, 7) is 18.3. The average molecular weight is 1110 g/mol. The number of fused-ring (bicyclic) bond motifs is 1. The van der Waals surface area contributed by atoms with Gasteiger partial charge in [0.2, 0.25) is 23.6 Å². The highest BCUT2D eigenvalue weighted by Crippen LogP contribution is 2.46. The quantitative estimate of drug-likeness (QED) is 0.0450. The van der Waals surface area contributed by atoms with Gasteiger partial charge in [-0.3, -0.25) is 28.8 Å². The van der Waals surface area contributed by atoms with Crippen molar-refractivity contribution >= 4 is 46.9 Å². The second kappa shape index (κ2) is 29.4. The number of ether oxygens (including phenoxy) is 5. The lowest BCUT2D eigenvalue weighted by atomic mass is 9.65. The van der Waals surface area contributed by atoms with Crippen LogP contribution in [0.4, 0.5) is 0 Å². The van der Waals surface area contributed by atoms with Gasteiger partial charge in [0.15, 0.2) is 0 Å². The highest BCUT2D eigenvalue weighted by atomic mass is 32.1. The number of aliphatic hydroxyl groups excluding tert-OH is 2. The molecule has 19 heteroatoms. The number of aryl methyl sites for hydroxylation is 1. The van der Waals surface area contributed by atoms with Crippen LogP contribution >= 0.6 is 11.3 Å². The zero-order chi connectivity index (χ0) is 56.6. The van der Waals surface area contributed by atoms with Crippen LogP contribution in [0.25, 0.3) is 10.4 Å². The van der Waals surface area contributed by atoms with E-state index >= 15 is 0 Å². The van der Waals surface area contributed by atoms with Crippen molar-refractivity contribution in [2.45, 2.75) is 169 Å². The van der Waals surface area contributed by atoms with E-state index in [1.54, 1.807) is 11.3 Å². The first-order chi connectivity index (χ1) is 37.1. The molecule has 432 valence electrons. The van der Waals surface area contributed by atoms with Crippen LogP contribution in [0.5, 0.6) is 0 Å². The fourth-order valence-electron chi connectivity index (χ4n) is 10.8. The highest BCUT2D eigenvalue weighted by Gasteiger charge is 2.46. The zero-order valence-electron chi connectivity index (χ0n) is 47.2. The van der Waals surface area contributed by atoms with Gasteiger partial charge in [-0.25, -0.2) is 4.98 Å². The van der Waals surface area contributed by atoms with Gasteiger partial charge in [-0.05, 0) is 99.2 Å². The Labute approximate surface area is 465 Å². The monoisotopic (exact) mass is 1110 g/mol. The topological polar surface area (TPSA) is 241 Å². The van der Waals surface area contributed by atoms with Gasteiger partial charge in [-0.1, -0.05) is 77.1 Å². The van der Waals surface area contributed by atoms with E-state index in [0.29, 0.717) is 78.1 Å². The predicted molar refractivity (Wildman–Crippen MR) is 295 cm³/mol. The molecule has 2 saturated heterocycles. The number of carbonyl (C=O) groups is 6. The number of cyclic esters (lactones) is 1. The molecular weight excluding hydrogens is 1020 g/mol. The second-order valence-corrected chi connectivity index (χ2v) is 24.3. The highest BCUT2D eigenvalue weighted by molar-refractivity contribution is 7.13. The molecule has 5 N–H and O–H groups in total. The van der Waals surface area contributed by atoms with Gasteiger partial charge in [0.25, 0.3) is 0 Å². The number of β-amino-alcohol motifs (C(OH)–C–C–N with tert-alkyl or cyclic N) is 1. The number of carbonyl (C=O) groups excluding carboxylic acids is 6. The number of benzene rings is 1. The summed E-state index contributed by atoms with van der Waals surface area (Å²) >= 11 is 1.57. The number of nitrogens with zero attached hydrogens (tertiary/aromatic N) is 2. The Balaban J connectivity index is 0.788. The first-order valence-corrected chi connectivity index (χ1v) is 29.0. The molecule has 0 saturated carbocycles. The number of esters is 2. The maximum Gasteiger partial charge on any atom is 0.311 e. The Kier molecular flexibility index (Phi) is 23.4. The van der Waals surface area contributed by atoms with Crippen molar-refractivity contribution in [3.05, 3.63) is 64.8 Å². The van der Waals surface area contributed by atoms with Crippen molar-refractivity contribution in [2.24, 2.45) is 34.5 Å². The van der Waals surface area contributed by atoms with Gasteiger partial charge in [-0.2, -0.15) is 0 Å². The molecule has 18 nitrogen and oxygen atoms in total. The number of nitrogens with one attached hydrogen (secondary N) is 3. The smallest absolute Gasteiger partial charge is 0.311 e. The Bertz CT molecular complexity index is 2380. The first kappa shape index (κ1) is 62.2. The summed E-state index contributed by atoms with van der Waals surface area (Å²) in [7, 11) is 0. The van der Waals surface area contributed by atoms with Crippen LogP contribution in [0, 0.1) is 41.4 Å². The maximum absolute atomic E-state index is 14.0. The number of hydrogen-bond acceptors (Lipinski definition) is 15. The minimum absolute atomic E-state index is 0.00838. The molecule has 78 heavy (non-hydrogen) atoms. The summed E-state index contributed by atoms with van der Waals surface area (Å²) in [5.74, 6) is -1.36. The van der Waals surface area contributed by atoms with Gasteiger partial charge in [0.1, 0.15) is 24.3 Å². The lowest BCUT2D eigenvalue weighted by Crippen LogP contribution is -2.57. The lowest BCUT2D eigenvalue weighted by Gasteiger charge is -2.44. The third-order valence-corrected chi connectivity index (χ3v) is 16.3. The average Bonchev–Trinajstić information content (AvgIpc) is 4.11. The van der Waals surface area contributed by atoms with Gasteiger partial charge in [-0.15, -0.1) is 11.3 Å². The molecule has 1 aromatic carbocycles. The fourth-order valence-corrected chi connectivity index (χ4v) is 11.6. The van der Waals surface area contributed by atoms with Crippen molar-refractivity contribution in [2.75, 3.05) is 52.7 Å². The number of likely N-dealkylation sites (tertiary alicyclic amines) is 1. The Morgan fingerprint density at radius 1 is 0.859 bits per heavy atom. The van der Waals surface area contributed by atoms with Gasteiger partial charge < -0.3 is 54.7 Å². The predicted octanol–water partition coefficient (Wildman–Crippen LogP) is 6.53. The van der Waals surface area contributed by atoms with Crippen LogP contribution in [0.15, 0.2) is 53.6 Å². The molecule has 2 aromatic rings. The summed E-state index contributed by atoms with van der Waals surface area (Å²) in [5, 5.41) is 29.4. The van der Waals surface area contributed by atoms with E-state index in [9.17, 15) is 39.0 Å². The molecule has 0 bridgehead atoms. The number of aromatic nitrogens is 1. The number of allylic oxidation sites excluding steroid dienone is 3. The SMILES string of the molecule is Cc1ncsc1-c1ccc(CNC(=O)[C@@H]2C[C@@H](O)CN2C(=O)[C@@H](NC(=O)CCOCCCOCCCOCCNC(=O)CCC(C)(C)C(=O)O[C@H]2C[C@@H](C)C=C3C=C[C@H](C)[C@H](CC[C@@H]4C[C@@H](O)CC(=O)O4)[C@H]32)C(C)(C)C)cc1. The van der Waals surface area contributed by atoms with Gasteiger partial charge >= 0.3 is 11.9 Å². The molecule has 0 spiro atoms. The zero-order valence-corrected chi connectivity index (χ0v) is 48.0. The number of aliphatic hydroxyl groups is 2. The summed E-state index contributed by atoms with van der Waals surface area (Å²) in [4.78, 5) is 85.8. The van der Waals surface area contributed by atoms with E-state index in [-0.39, 0.29) is 111 Å². The molecular formula is C59H87N5O13S. The van der Waals surface area contributed by atoms with Crippen molar-refractivity contribution in [3.8, 4) is 10.4 Å². The van der Waals surface area contributed by atoms with E-state index < -0.39 is 41.0 Å². The molecule has 1 aromatic heterocycles. The van der Waals surface area contributed by atoms with E-state index in [1.807, 2.05) is 71.3 Å². The summed E-state index contributed by atoms with van der Waals surface area (Å²) < 4.78 is 29.0. The molecule has 4 amide bonds. The Hall–Kier alpha value is -5.05. The second-order valence-electron chi connectivity index (χ2n) is 23.5. The van der Waals surface area contributed by atoms with E-state index in [1.165, 1.54) is 10.5 Å². The molecule has 4 aliphatic rings. The van der Waals surface area contributed by atoms with Crippen LogP contribution in [-0.4, -0.2) is 145 Å². The summed E-state index contributed by atoms with van der Waals surface area (Å²) in [6, 6.07) is 6.05. The third-order valence-electron chi connectivity index (χ3n) is 15.3. The van der Waals surface area contributed by atoms with Crippen molar-refractivity contribution in [1.29, 1.82) is 0 Å². The maximum atomic E-state index is 14.0. The molecule has 10 atom stereocenters. The van der Waals surface area contributed by atoms with Gasteiger partial charge in [0.05, 0.1) is 53.3 Å². The molecule has 3 heterocycles. The summed E-state index contributed by atoms with van der Waals surface area (Å²) in [6.07, 6.45) is 8.94. The largest absolute Gasteiger partial charge is 0.462 e. The van der Waals surface area contributed by atoms with Crippen LogP contribution in [0.3, 0.4) is 0 Å². The van der Waals surface area contributed by atoms with Crippen LogP contribution < -0.4 is 16.0 Å². The van der Waals surface area contributed by atoms with Crippen LogP contribution in [0.2, 0.25) is 0 Å². The molecule has 6 rings (SSSR count). The van der Waals surface area contributed by atoms with Crippen molar-refractivity contribution in [3.63, 3.8) is 0 Å². The molecule has 2 fully saturated rings. The molecule has 0 radical (unpaired) electrons. The minimum atomic E-state index is -0.933. The standard InChI is InChI=1S/C59H87N5O13S/c1-37-29-42-14-11-38(2)46(18-17-45-31-43(65)33-51(69)76-45)52(42)48(30-37)77-57(72)59(7,8)21-19-49(67)60-22-28-75-26-10-24-73-23-9-25-74-27-20-50(68)63-54(58(4,5)6)56(71)64-35-44(66)32-47(64)55(70)61-34-40-12-15-41(16-13-40)53-39(3)62-36-78-53/h11-16,29,36-38,43-48,52,54,65-66H,9-10,17-28,30-35H2,1-8H3,(H,60,67)(H,61,70)(H,63,68)/t37-,38-,43+,44+,45+,46-,47-,48-,52-,54+/m0/s1. The van der Waals surface area contributed by atoms with E-state index in [4.69, 9.17) is 23.7 Å². The molecule has 0 unspecified atom stereocenters. The Morgan fingerprint density at radius 2 is 1.55 bits per heavy atom. The van der Waals surface area contributed by atoms with Crippen LogP contribution in [0.1, 0.15) is 130 Å². The van der Waals surface area contributed by atoms with Gasteiger partial charge in [0, 0.05) is 77.7 Å². The van der Waals surface area contributed by atoms with Crippen molar-refractivity contribution < 1.29 is 62.7 Å². The molecule has 2 aliphatic carbocycles. The van der Waals surface area contributed by atoms with E-state index in [0.717, 1.165) is 28.1 Å². The number of amides is 4. The van der Waals surface area contributed by atoms with Crippen molar-refractivity contribution in [1.82, 2.24) is 25.8 Å². The summed E-state index contributed by atoms with van der Waals surface area (Å²) in [5.41, 5.74) is 4.32. The fraction of sp³-hybridized carbons (Fsp3) is 0.678. The Morgan fingerprint density at radius 3 is 2.22 bits per heavy atom. The number of hydrogen-bond donors (Lipinski definition) is 5. The lowest BCUT2D eigenvalue weighted by molar-refractivity contribution is -0.166. The van der Waals surface area contributed by atoms with Crippen LogP contribution in [-0.2, 0) is 59.0 Å².